The third-order valence-electron chi connectivity index (χ3n) is 3.13. The molecular weight excluding hydrogens is 229 g/mol. The average Bonchev–Trinajstić information content (AvgIpc) is 2.32. The summed E-state index contributed by atoms with van der Waals surface area (Å²) in [7, 11) is 0. The maximum atomic E-state index is 13.9. The molecule has 0 fully saturated rings. The standard InChI is InChI=1S/C15H15BF2/c1-10-4-5-11(8-14(10)17)12-6-7-13(16(2)3)15(18)9-12/h4-9H,1-3H3. The number of benzene rings is 2. The number of rotatable bonds is 2. The first-order valence-electron chi connectivity index (χ1n) is 6.05. The largest absolute Gasteiger partial charge is 0.208 e. The summed E-state index contributed by atoms with van der Waals surface area (Å²) in [6.07, 6.45) is 0. The first-order valence-corrected chi connectivity index (χ1v) is 6.05. The van der Waals surface area contributed by atoms with E-state index >= 15 is 0 Å². The maximum absolute atomic E-state index is 13.9. The SMILES string of the molecule is CB(C)c1ccc(-c2ccc(C)c(F)c2)cc1F. The van der Waals surface area contributed by atoms with Crippen molar-refractivity contribution in [3.05, 3.63) is 53.6 Å². The van der Waals surface area contributed by atoms with Crippen LogP contribution in [0.5, 0.6) is 0 Å². The van der Waals surface area contributed by atoms with Crippen molar-refractivity contribution >= 4 is 12.2 Å². The zero-order valence-electron chi connectivity index (χ0n) is 10.8. The van der Waals surface area contributed by atoms with E-state index in [4.69, 9.17) is 0 Å². The van der Waals surface area contributed by atoms with Crippen LogP contribution in [-0.2, 0) is 0 Å². The molecule has 0 radical (unpaired) electrons. The van der Waals surface area contributed by atoms with Gasteiger partial charge in [-0.1, -0.05) is 37.9 Å². The Morgan fingerprint density at radius 1 is 0.833 bits per heavy atom. The van der Waals surface area contributed by atoms with Gasteiger partial charge < -0.3 is 0 Å². The summed E-state index contributed by atoms with van der Waals surface area (Å²) in [5.41, 5.74) is 2.69. The van der Waals surface area contributed by atoms with E-state index in [2.05, 4.69) is 0 Å². The van der Waals surface area contributed by atoms with Crippen molar-refractivity contribution < 1.29 is 8.78 Å². The fourth-order valence-electron chi connectivity index (χ4n) is 1.95. The van der Waals surface area contributed by atoms with Crippen LogP contribution in [0.15, 0.2) is 36.4 Å². The minimum absolute atomic E-state index is 0.147. The molecule has 0 amide bonds. The molecule has 0 nitrogen and oxygen atoms in total. The van der Waals surface area contributed by atoms with E-state index in [9.17, 15) is 8.78 Å². The molecule has 2 rings (SSSR count). The quantitative estimate of drug-likeness (QED) is 0.703. The average molecular weight is 244 g/mol. The lowest BCUT2D eigenvalue weighted by molar-refractivity contribution is 0.619. The van der Waals surface area contributed by atoms with Crippen LogP contribution in [0, 0.1) is 18.6 Å². The van der Waals surface area contributed by atoms with Crippen LogP contribution >= 0.6 is 0 Å². The fourth-order valence-corrected chi connectivity index (χ4v) is 1.95. The van der Waals surface area contributed by atoms with E-state index < -0.39 is 0 Å². The minimum Gasteiger partial charge on any atom is -0.208 e. The zero-order chi connectivity index (χ0) is 13.3. The third kappa shape index (κ3) is 2.45. The highest BCUT2D eigenvalue weighted by molar-refractivity contribution is 6.70. The van der Waals surface area contributed by atoms with Crippen LogP contribution in [0.3, 0.4) is 0 Å². The lowest BCUT2D eigenvalue weighted by atomic mass is 9.49. The topological polar surface area (TPSA) is 0 Å². The van der Waals surface area contributed by atoms with Crippen LogP contribution in [0.25, 0.3) is 11.1 Å². The van der Waals surface area contributed by atoms with Crippen LogP contribution < -0.4 is 5.46 Å². The van der Waals surface area contributed by atoms with E-state index in [-0.39, 0.29) is 18.3 Å². The molecule has 0 atom stereocenters. The second-order valence-corrected chi connectivity index (χ2v) is 4.85. The van der Waals surface area contributed by atoms with Crippen LogP contribution in [0.4, 0.5) is 8.78 Å². The van der Waals surface area contributed by atoms with Crippen LogP contribution in [0.2, 0.25) is 13.6 Å². The molecule has 3 heteroatoms. The van der Waals surface area contributed by atoms with Gasteiger partial charge in [-0.3, -0.25) is 0 Å². The molecule has 0 saturated heterocycles. The Morgan fingerprint density at radius 3 is 1.89 bits per heavy atom. The number of hydrogen-bond acceptors (Lipinski definition) is 0. The van der Waals surface area contributed by atoms with E-state index in [1.54, 1.807) is 19.1 Å². The number of halogens is 2. The molecule has 0 saturated carbocycles. The lowest BCUT2D eigenvalue weighted by Gasteiger charge is -2.08. The molecule has 0 spiro atoms. The highest BCUT2D eigenvalue weighted by Gasteiger charge is 2.11. The van der Waals surface area contributed by atoms with Crippen molar-refractivity contribution in [1.29, 1.82) is 0 Å². The second kappa shape index (κ2) is 4.93. The van der Waals surface area contributed by atoms with E-state index in [1.807, 2.05) is 25.8 Å². The highest BCUT2D eigenvalue weighted by atomic mass is 19.1. The normalized spacial score (nSPS) is 10.5. The smallest absolute Gasteiger partial charge is 0.173 e. The third-order valence-corrected chi connectivity index (χ3v) is 3.13. The summed E-state index contributed by atoms with van der Waals surface area (Å²) in [6.45, 7) is 5.75. The van der Waals surface area contributed by atoms with Crippen molar-refractivity contribution in [3.8, 4) is 11.1 Å². The molecule has 0 aliphatic rings. The first kappa shape index (κ1) is 12.8. The summed E-state index contributed by atoms with van der Waals surface area (Å²) in [5.74, 6) is -0.496. The Hall–Kier alpha value is -1.64. The van der Waals surface area contributed by atoms with Gasteiger partial charge >= 0.3 is 0 Å². The monoisotopic (exact) mass is 244 g/mol. The van der Waals surface area contributed by atoms with Gasteiger partial charge in [0.1, 0.15) is 11.6 Å². The lowest BCUT2D eigenvalue weighted by Crippen LogP contribution is -2.25. The molecule has 0 aliphatic carbocycles. The Balaban J connectivity index is 2.45. The van der Waals surface area contributed by atoms with Gasteiger partial charge in [0.2, 0.25) is 0 Å². The molecule has 18 heavy (non-hydrogen) atoms. The molecule has 0 N–H and O–H groups in total. The van der Waals surface area contributed by atoms with Gasteiger partial charge in [-0.15, -0.1) is 0 Å². The Bertz CT molecular complexity index is 577. The van der Waals surface area contributed by atoms with E-state index in [1.165, 1.54) is 12.1 Å². The van der Waals surface area contributed by atoms with Crippen LogP contribution in [0.1, 0.15) is 5.56 Å². The van der Waals surface area contributed by atoms with Gasteiger partial charge in [0.15, 0.2) is 6.71 Å². The molecule has 0 aliphatic heterocycles. The van der Waals surface area contributed by atoms with Gasteiger partial charge in [0.05, 0.1) is 0 Å². The molecule has 2 aromatic rings. The molecule has 0 unspecified atom stereocenters. The Morgan fingerprint density at radius 2 is 1.39 bits per heavy atom. The molecular formula is C15H15BF2. The van der Waals surface area contributed by atoms with Gasteiger partial charge in [-0.25, -0.2) is 8.78 Å². The van der Waals surface area contributed by atoms with Gasteiger partial charge in [0.25, 0.3) is 0 Å². The molecule has 0 aromatic heterocycles. The molecule has 92 valence electrons. The Kier molecular flexibility index (Phi) is 3.51. The molecule has 0 heterocycles. The molecule has 2 aromatic carbocycles. The zero-order valence-corrected chi connectivity index (χ0v) is 10.8. The first-order chi connectivity index (χ1) is 8.49. The van der Waals surface area contributed by atoms with E-state index in [0.29, 0.717) is 22.2 Å². The van der Waals surface area contributed by atoms with Crippen molar-refractivity contribution in [2.24, 2.45) is 0 Å². The van der Waals surface area contributed by atoms with Gasteiger partial charge in [-0.2, -0.15) is 0 Å². The summed E-state index contributed by atoms with van der Waals surface area (Å²) >= 11 is 0. The number of hydrogen-bond donors (Lipinski definition) is 0. The summed E-state index contributed by atoms with van der Waals surface area (Å²) < 4.78 is 27.4. The summed E-state index contributed by atoms with van der Waals surface area (Å²) in [6, 6.07) is 10.0. The number of aryl methyl sites for hydroxylation is 1. The van der Waals surface area contributed by atoms with Gasteiger partial charge in [0, 0.05) is 0 Å². The maximum Gasteiger partial charge on any atom is 0.173 e. The predicted octanol–water partition coefficient (Wildman–Crippen LogP) is 3.90. The Labute approximate surface area is 107 Å². The minimum atomic E-state index is -0.263. The van der Waals surface area contributed by atoms with E-state index in [0.717, 1.165) is 0 Å². The van der Waals surface area contributed by atoms with Gasteiger partial charge in [-0.05, 0) is 41.2 Å². The summed E-state index contributed by atoms with van der Waals surface area (Å²) in [5, 5.41) is 0. The highest BCUT2D eigenvalue weighted by Crippen LogP contribution is 2.22. The summed E-state index contributed by atoms with van der Waals surface area (Å²) in [4.78, 5) is 0. The molecule has 0 bridgehead atoms. The van der Waals surface area contributed by atoms with Crippen molar-refractivity contribution in [2.45, 2.75) is 20.6 Å². The predicted molar refractivity (Wildman–Crippen MR) is 73.6 cm³/mol. The second-order valence-electron chi connectivity index (χ2n) is 4.85. The fraction of sp³-hybridized carbons (Fsp3) is 0.200. The van der Waals surface area contributed by atoms with Crippen molar-refractivity contribution in [3.63, 3.8) is 0 Å². The van der Waals surface area contributed by atoms with Crippen molar-refractivity contribution in [2.75, 3.05) is 0 Å². The van der Waals surface area contributed by atoms with Crippen molar-refractivity contribution in [1.82, 2.24) is 0 Å². The van der Waals surface area contributed by atoms with Crippen LogP contribution in [-0.4, -0.2) is 6.71 Å².